The summed E-state index contributed by atoms with van der Waals surface area (Å²) in [5.74, 6) is -3.02. The van der Waals surface area contributed by atoms with Crippen molar-refractivity contribution in [1.82, 2.24) is 4.98 Å². The second-order valence-corrected chi connectivity index (χ2v) is 9.56. The number of urea groups is 1. The van der Waals surface area contributed by atoms with Crippen molar-refractivity contribution in [3.05, 3.63) is 36.0 Å². The van der Waals surface area contributed by atoms with Crippen molar-refractivity contribution in [2.45, 2.75) is 42.9 Å². The molecule has 1 aliphatic rings. The Morgan fingerprint density at radius 3 is 2.70 bits per heavy atom. The topological polar surface area (TPSA) is 73.7 Å². The van der Waals surface area contributed by atoms with Crippen LogP contribution in [0.5, 0.6) is 0 Å². The quantitative estimate of drug-likeness (QED) is 0.578. The second kappa shape index (κ2) is 9.74. The molecule has 30 heavy (non-hydrogen) atoms. The van der Waals surface area contributed by atoms with E-state index in [9.17, 15) is 18.4 Å². The van der Waals surface area contributed by atoms with Gasteiger partial charge in [0.05, 0.1) is 22.0 Å². The first-order chi connectivity index (χ1) is 14.3. The standard InChI is InChI=1S/C20H23F2N3O3S2/c1-12(18(26)27)11-29-16-10-23-19(30-16)24(2)20(28)25(13-6-3-4-7-13)15-9-5-8-14(21)17(15)22/h5,8-10,12-13H,3-4,6-7,11H2,1-2H3,(H,26,27). The molecule has 1 heterocycles. The van der Waals surface area contributed by atoms with E-state index >= 15 is 0 Å². The Morgan fingerprint density at radius 1 is 1.33 bits per heavy atom. The molecule has 1 unspecified atom stereocenters. The number of amides is 2. The fourth-order valence-electron chi connectivity index (χ4n) is 3.29. The van der Waals surface area contributed by atoms with E-state index in [4.69, 9.17) is 5.11 Å². The molecule has 1 saturated carbocycles. The highest BCUT2D eigenvalue weighted by atomic mass is 32.2. The summed E-state index contributed by atoms with van der Waals surface area (Å²) in [6.07, 6.45) is 4.89. The summed E-state index contributed by atoms with van der Waals surface area (Å²) in [5, 5.41) is 9.41. The van der Waals surface area contributed by atoms with Crippen LogP contribution in [0.2, 0.25) is 0 Å². The molecule has 0 aliphatic heterocycles. The average Bonchev–Trinajstić information content (AvgIpc) is 3.41. The van der Waals surface area contributed by atoms with Crippen molar-refractivity contribution in [2.75, 3.05) is 22.6 Å². The summed E-state index contributed by atoms with van der Waals surface area (Å²) >= 11 is 2.61. The normalized spacial score (nSPS) is 15.2. The summed E-state index contributed by atoms with van der Waals surface area (Å²) in [6.45, 7) is 1.62. The first-order valence-electron chi connectivity index (χ1n) is 9.62. The van der Waals surface area contributed by atoms with Crippen molar-refractivity contribution < 1.29 is 23.5 Å². The number of rotatable bonds is 7. The van der Waals surface area contributed by atoms with Crippen LogP contribution in [0.15, 0.2) is 28.6 Å². The number of thioether (sulfide) groups is 1. The number of benzene rings is 1. The third-order valence-corrected chi connectivity index (χ3v) is 7.56. The molecule has 6 nitrogen and oxygen atoms in total. The maximum absolute atomic E-state index is 14.5. The lowest BCUT2D eigenvalue weighted by atomic mass is 10.1. The van der Waals surface area contributed by atoms with Gasteiger partial charge in [-0.25, -0.2) is 18.6 Å². The molecule has 1 N–H and O–H groups in total. The zero-order chi connectivity index (χ0) is 21.8. The van der Waals surface area contributed by atoms with Crippen LogP contribution in [0.4, 0.5) is 24.4 Å². The number of carboxylic acids is 1. The van der Waals surface area contributed by atoms with Gasteiger partial charge in [-0.15, -0.1) is 11.8 Å². The number of halogens is 2. The van der Waals surface area contributed by atoms with Crippen LogP contribution in [0, 0.1) is 17.6 Å². The molecule has 2 aromatic rings. The summed E-state index contributed by atoms with van der Waals surface area (Å²) < 4.78 is 29.1. The van der Waals surface area contributed by atoms with Gasteiger partial charge >= 0.3 is 12.0 Å². The molecule has 0 saturated heterocycles. The third kappa shape index (κ3) is 4.92. The number of anilines is 2. The van der Waals surface area contributed by atoms with Crippen LogP contribution in [0.1, 0.15) is 32.6 Å². The fraction of sp³-hybridized carbons (Fsp3) is 0.450. The van der Waals surface area contributed by atoms with Crippen molar-refractivity contribution in [2.24, 2.45) is 5.92 Å². The number of carbonyl (C=O) groups excluding carboxylic acids is 1. The number of carbonyl (C=O) groups is 2. The summed E-state index contributed by atoms with van der Waals surface area (Å²) in [6, 6.07) is 3.16. The number of hydrogen-bond acceptors (Lipinski definition) is 5. The van der Waals surface area contributed by atoms with E-state index in [1.165, 1.54) is 45.0 Å². The molecule has 0 radical (unpaired) electrons. The van der Waals surface area contributed by atoms with Gasteiger partial charge in [0.25, 0.3) is 0 Å². The van der Waals surface area contributed by atoms with Crippen molar-refractivity contribution in [3.8, 4) is 0 Å². The average molecular weight is 456 g/mol. The predicted molar refractivity (Wildman–Crippen MR) is 115 cm³/mol. The Balaban J connectivity index is 1.81. The molecule has 162 valence electrons. The molecule has 3 rings (SSSR count). The Kier molecular flexibility index (Phi) is 7.30. The number of nitrogens with zero attached hydrogens (tertiary/aromatic N) is 3. The van der Waals surface area contributed by atoms with Gasteiger partial charge in [-0.2, -0.15) is 0 Å². The van der Waals surface area contributed by atoms with Gasteiger partial charge in [0, 0.05) is 18.8 Å². The molecular weight excluding hydrogens is 432 g/mol. The van der Waals surface area contributed by atoms with E-state index in [2.05, 4.69) is 4.98 Å². The molecule has 1 aromatic carbocycles. The van der Waals surface area contributed by atoms with Gasteiger partial charge in [0.15, 0.2) is 16.8 Å². The molecule has 0 spiro atoms. The zero-order valence-electron chi connectivity index (χ0n) is 16.7. The Labute approximate surface area is 181 Å². The van der Waals surface area contributed by atoms with E-state index in [0.717, 1.165) is 36.0 Å². The van der Waals surface area contributed by atoms with E-state index in [1.807, 2.05) is 0 Å². The highest BCUT2D eigenvalue weighted by Gasteiger charge is 2.33. The first-order valence-corrected chi connectivity index (χ1v) is 11.4. The smallest absolute Gasteiger partial charge is 0.330 e. The Hall–Kier alpha value is -2.20. The lowest BCUT2D eigenvalue weighted by Gasteiger charge is -2.32. The Bertz CT molecular complexity index is 918. The van der Waals surface area contributed by atoms with Crippen LogP contribution in [-0.2, 0) is 4.79 Å². The van der Waals surface area contributed by atoms with Gasteiger partial charge in [0.2, 0.25) is 0 Å². The predicted octanol–water partition coefficient (Wildman–Crippen LogP) is 5.24. The van der Waals surface area contributed by atoms with Crippen molar-refractivity contribution in [1.29, 1.82) is 0 Å². The first kappa shape index (κ1) is 22.5. The van der Waals surface area contributed by atoms with E-state index < -0.39 is 29.6 Å². The van der Waals surface area contributed by atoms with E-state index in [-0.39, 0.29) is 11.7 Å². The van der Waals surface area contributed by atoms with Crippen LogP contribution < -0.4 is 9.80 Å². The molecule has 0 bridgehead atoms. The molecule has 1 atom stereocenters. The van der Waals surface area contributed by atoms with Gasteiger partial charge < -0.3 is 5.11 Å². The minimum Gasteiger partial charge on any atom is -0.481 e. The summed E-state index contributed by atoms with van der Waals surface area (Å²) in [7, 11) is 1.55. The molecule has 10 heteroatoms. The number of thiazole rings is 1. The lowest BCUT2D eigenvalue weighted by molar-refractivity contribution is -0.140. The highest BCUT2D eigenvalue weighted by molar-refractivity contribution is 8.01. The van der Waals surface area contributed by atoms with Crippen molar-refractivity contribution >= 4 is 45.9 Å². The summed E-state index contributed by atoms with van der Waals surface area (Å²) in [5.41, 5.74) is -0.0693. The molecule has 2 amide bonds. The third-order valence-electron chi connectivity index (χ3n) is 5.03. The molecule has 1 aromatic heterocycles. The summed E-state index contributed by atoms with van der Waals surface area (Å²) in [4.78, 5) is 31.2. The maximum Gasteiger partial charge on any atom is 0.330 e. The number of hydrogen-bond donors (Lipinski definition) is 1. The van der Waals surface area contributed by atoms with E-state index in [0.29, 0.717) is 10.9 Å². The molecule has 1 aliphatic carbocycles. The van der Waals surface area contributed by atoms with Crippen LogP contribution >= 0.6 is 23.1 Å². The van der Waals surface area contributed by atoms with Gasteiger partial charge in [-0.3, -0.25) is 14.6 Å². The SMILES string of the molecule is CC(CSc1cnc(N(C)C(=O)N(c2cccc(F)c2F)C2CCCC2)s1)C(=O)O. The largest absolute Gasteiger partial charge is 0.481 e. The lowest BCUT2D eigenvalue weighted by Crippen LogP contribution is -2.47. The molecule has 1 fully saturated rings. The maximum atomic E-state index is 14.5. The Morgan fingerprint density at radius 2 is 2.03 bits per heavy atom. The van der Waals surface area contributed by atoms with Gasteiger partial charge in [0.1, 0.15) is 0 Å². The number of carboxylic acid groups (broad SMARTS) is 1. The van der Waals surface area contributed by atoms with Crippen LogP contribution in [-0.4, -0.2) is 40.9 Å². The van der Waals surface area contributed by atoms with Crippen molar-refractivity contribution in [3.63, 3.8) is 0 Å². The zero-order valence-corrected chi connectivity index (χ0v) is 18.3. The van der Waals surface area contributed by atoms with Crippen LogP contribution in [0.3, 0.4) is 0 Å². The highest BCUT2D eigenvalue weighted by Crippen LogP contribution is 2.35. The minimum absolute atomic E-state index is 0.0693. The number of aromatic nitrogens is 1. The monoisotopic (exact) mass is 455 g/mol. The molecular formula is C20H23F2N3O3S2. The van der Waals surface area contributed by atoms with Gasteiger partial charge in [-0.1, -0.05) is 37.2 Å². The van der Waals surface area contributed by atoms with Crippen LogP contribution in [0.25, 0.3) is 0 Å². The van der Waals surface area contributed by atoms with E-state index in [1.54, 1.807) is 20.2 Å². The second-order valence-electron chi connectivity index (χ2n) is 7.23. The number of aliphatic carboxylic acids is 1. The fourth-order valence-corrected chi connectivity index (χ4v) is 5.24. The van der Waals surface area contributed by atoms with Gasteiger partial charge in [-0.05, 0) is 25.0 Å². The minimum atomic E-state index is -1.04.